The van der Waals surface area contributed by atoms with Crippen molar-refractivity contribution < 1.29 is 0 Å². The second-order valence-electron chi connectivity index (χ2n) is 1.76. The molecule has 0 atom stereocenters. The Morgan fingerprint density at radius 3 is 0.917 bits per heavy atom. The molecule has 0 N–H and O–H groups in total. The van der Waals surface area contributed by atoms with E-state index in [1.807, 2.05) is 27.7 Å². The van der Waals surface area contributed by atoms with Gasteiger partial charge in [0, 0.05) is 0 Å². The van der Waals surface area contributed by atoms with Crippen molar-refractivity contribution in [2.24, 2.45) is 0 Å². The summed E-state index contributed by atoms with van der Waals surface area (Å²) in [6.45, 7) is 12.2. The first-order valence-corrected chi connectivity index (χ1v) is 5.06. The van der Waals surface area contributed by atoms with Gasteiger partial charge in [-0.2, -0.15) is 0 Å². The van der Waals surface area contributed by atoms with Crippen molar-refractivity contribution in [3.05, 3.63) is 12.2 Å². The third-order valence-electron chi connectivity index (χ3n) is 0.667. The molecule has 0 heteroatoms. The number of hydrogen-bond donors (Lipinski definition) is 0. The molecular weight excluding hydrogens is 144 g/mol. The lowest BCUT2D eigenvalue weighted by Gasteiger charge is -1.92. The zero-order valence-corrected chi connectivity index (χ0v) is 9.28. The van der Waals surface area contributed by atoms with Crippen LogP contribution >= 0.6 is 0 Å². The van der Waals surface area contributed by atoms with E-state index in [2.05, 4.69) is 26.0 Å². The van der Waals surface area contributed by atoms with Gasteiger partial charge in [-0.25, -0.2) is 0 Å². The fraction of sp³-hybridized carbons (Fsp3) is 0.833. The normalized spacial score (nSPS) is 9.17. The van der Waals surface area contributed by atoms with Crippen LogP contribution in [0.5, 0.6) is 0 Å². The molecule has 0 aromatic heterocycles. The minimum absolute atomic E-state index is 0. The highest BCUT2D eigenvalue weighted by Crippen LogP contribution is 2.01. The highest BCUT2D eigenvalue weighted by atomic mass is 13.9. The quantitative estimate of drug-likeness (QED) is 0.429. The van der Waals surface area contributed by atoms with E-state index in [1.165, 1.54) is 19.3 Å². The molecule has 0 aromatic rings. The first-order valence-electron chi connectivity index (χ1n) is 5.06. The molecule has 0 heterocycles. The van der Waals surface area contributed by atoms with Gasteiger partial charge in [0.2, 0.25) is 0 Å². The SMILES string of the molecule is C.C1=CCC1.CC.CC.CCC. The van der Waals surface area contributed by atoms with Gasteiger partial charge in [-0.15, -0.1) is 0 Å². The van der Waals surface area contributed by atoms with Gasteiger partial charge in [-0.1, -0.05) is 67.5 Å². The van der Waals surface area contributed by atoms with E-state index >= 15 is 0 Å². The number of hydrogen-bond acceptors (Lipinski definition) is 0. The summed E-state index contributed by atoms with van der Waals surface area (Å²) in [6.07, 6.45) is 8.25. The van der Waals surface area contributed by atoms with Crippen LogP contribution < -0.4 is 0 Å². The molecule has 0 spiro atoms. The summed E-state index contributed by atoms with van der Waals surface area (Å²) >= 11 is 0. The Bertz CT molecular complexity index is 38.0. The summed E-state index contributed by atoms with van der Waals surface area (Å²) in [7, 11) is 0. The third-order valence-corrected chi connectivity index (χ3v) is 0.667. The summed E-state index contributed by atoms with van der Waals surface area (Å²) < 4.78 is 0. The van der Waals surface area contributed by atoms with Gasteiger partial charge in [0.1, 0.15) is 0 Å². The van der Waals surface area contributed by atoms with Gasteiger partial charge in [0.25, 0.3) is 0 Å². The molecule has 0 amide bonds. The molecule has 0 saturated carbocycles. The second kappa shape index (κ2) is 45.3. The molecule has 0 bridgehead atoms. The van der Waals surface area contributed by atoms with Crippen molar-refractivity contribution in [1.29, 1.82) is 0 Å². The maximum absolute atomic E-state index is 2.18. The van der Waals surface area contributed by atoms with Crippen LogP contribution in [0.15, 0.2) is 12.2 Å². The molecular formula is C12H30. The topological polar surface area (TPSA) is 0 Å². The Balaban J connectivity index is -0.0000000369. The van der Waals surface area contributed by atoms with Crippen molar-refractivity contribution in [1.82, 2.24) is 0 Å². The van der Waals surface area contributed by atoms with Crippen molar-refractivity contribution >= 4 is 0 Å². The van der Waals surface area contributed by atoms with E-state index in [1.54, 1.807) is 0 Å². The Hall–Kier alpha value is -0.260. The highest BCUT2D eigenvalue weighted by Gasteiger charge is 1.81. The Morgan fingerprint density at radius 2 is 0.917 bits per heavy atom. The molecule has 1 rings (SSSR count). The summed E-state index contributed by atoms with van der Waals surface area (Å²) in [5, 5.41) is 0. The van der Waals surface area contributed by atoms with Crippen LogP contribution in [0.2, 0.25) is 0 Å². The summed E-state index contributed by atoms with van der Waals surface area (Å²) in [6, 6.07) is 0. The van der Waals surface area contributed by atoms with Crippen LogP contribution in [0.25, 0.3) is 0 Å². The number of rotatable bonds is 0. The fourth-order valence-electron chi connectivity index (χ4n) is 0.167. The van der Waals surface area contributed by atoms with Gasteiger partial charge in [0.05, 0.1) is 0 Å². The van der Waals surface area contributed by atoms with Crippen LogP contribution in [0.1, 0.15) is 68.2 Å². The van der Waals surface area contributed by atoms with Crippen molar-refractivity contribution in [3.8, 4) is 0 Å². The Morgan fingerprint density at radius 1 is 0.833 bits per heavy atom. The maximum Gasteiger partial charge on any atom is -0.0316 e. The monoisotopic (exact) mass is 174 g/mol. The van der Waals surface area contributed by atoms with E-state index in [-0.39, 0.29) is 7.43 Å². The minimum Gasteiger partial charge on any atom is -0.0882 e. The van der Waals surface area contributed by atoms with Crippen molar-refractivity contribution in [2.75, 3.05) is 0 Å². The van der Waals surface area contributed by atoms with Crippen LogP contribution in [0, 0.1) is 0 Å². The summed E-state index contributed by atoms with van der Waals surface area (Å²) in [5.41, 5.74) is 0. The van der Waals surface area contributed by atoms with Gasteiger partial charge in [0.15, 0.2) is 0 Å². The van der Waals surface area contributed by atoms with E-state index in [0.29, 0.717) is 0 Å². The first kappa shape index (κ1) is 22.6. The van der Waals surface area contributed by atoms with Crippen LogP contribution in [0.3, 0.4) is 0 Å². The first-order chi connectivity index (χ1) is 5.41. The zero-order chi connectivity index (χ0) is 9.54. The molecule has 0 fully saturated rings. The fourth-order valence-corrected chi connectivity index (χ4v) is 0.167. The molecule has 0 aliphatic heterocycles. The third kappa shape index (κ3) is 53.2. The molecule has 0 saturated heterocycles. The van der Waals surface area contributed by atoms with Crippen LogP contribution in [0.4, 0.5) is 0 Å². The van der Waals surface area contributed by atoms with E-state index < -0.39 is 0 Å². The molecule has 1 aliphatic rings. The zero-order valence-electron chi connectivity index (χ0n) is 9.28. The van der Waals surface area contributed by atoms with Gasteiger partial charge >= 0.3 is 0 Å². The van der Waals surface area contributed by atoms with Gasteiger partial charge < -0.3 is 0 Å². The van der Waals surface area contributed by atoms with E-state index in [4.69, 9.17) is 0 Å². The minimum atomic E-state index is 0. The molecule has 0 aromatic carbocycles. The smallest absolute Gasteiger partial charge is 0.0316 e. The van der Waals surface area contributed by atoms with E-state index in [0.717, 1.165) is 0 Å². The lowest BCUT2D eigenvalue weighted by atomic mass is 10.1. The van der Waals surface area contributed by atoms with Crippen LogP contribution in [-0.4, -0.2) is 0 Å². The van der Waals surface area contributed by atoms with Crippen LogP contribution in [-0.2, 0) is 0 Å². The molecule has 0 nitrogen and oxygen atoms in total. The summed E-state index contributed by atoms with van der Waals surface area (Å²) in [5.74, 6) is 0. The maximum atomic E-state index is 2.18. The predicted octanol–water partition coefficient (Wildman–Crippen LogP) is 5.44. The molecule has 0 unspecified atom stereocenters. The highest BCUT2D eigenvalue weighted by molar-refractivity contribution is 4.92. The molecule has 12 heavy (non-hydrogen) atoms. The standard InChI is InChI=1S/C4H6.C3H8.2C2H6.CH4/c1-2-4-3-1;1-3-2;2*1-2;/h1-2H,3-4H2;3H2,1-2H3;2*1-2H3;1H4. The Kier molecular flexibility index (Phi) is 85.4. The van der Waals surface area contributed by atoms with Crippen molar-refractivity contribution in [3.63, 3.8) is 0 Å². The Labute approximate surface area is 81.1 Å². The molecule has 1 aliphatic carbocycles. The number of allylic oxidation sites excluding steroid dienone is 2. The largest absolute Gasteiger partial charge is 0.0882 e. The average molecular weight is 174 g/mol. The van der Waals surface area contributed by atoms with E-state index in [9.17, 15) is 0 Å². The van der Waals surface area contributed by atoms with Gasteiger partial charge in [-0.3, -0.25) is 0 Å². The predicted molar refractivity (Wildman–Crippen MR) is 63.8 cm³/mol. The van der Waals surface area contributed by atoms with Crippen molar-refractivity contribution in [2.45, 2.75) is 68.2 Å². The lowest BCUT2D eigenvalue weighted by molar-refractivity contribution is 0.962. The second-order valence-corrected chi connectivity index (χ2v) is 1.76. The lowest BCUT2D eigenvalue weighted by Crippen LogP contribution is -1.71. The average Bonchev–Trinajstić information content (AvgIpc) is 1.93. The molecule has 78 valence electrons. The van der Waals surface area contributed by atoms with Gasteiger partial charge in [-0.05, 0) is 12.8 Å². The summed E-state index contributed by atoms with van der Waals surface area (Å²) in [4.78, 5) is 0. The molecule has 0 radical (unpaired) electrons.